The number of amides is 2. The first-order chi connectivity index (χ1) is 15.2. The molecule has 2 N–H and O–H groups in total. The zero-order valence-electron chi connectivity index (χ0n) is 16.6. The van der Waals surface area contributed by atoms with E-state index in [1.165, 1.54) is 0 Å². The van der Waals surface area contributed by atoms with Crippen LogP contribution in [0.2, 0.25) is 0 Å². The number of hydrogen-bond acceptors (Lipinski definition) is 2. The normalized spacial score (nSPS) is 10.3. The van der Waals surface area contributed by atoms with Crippen LogP contribution in [0.5, 0.6) is 0 Å². The molecule has 31 heavy (non-hydrogen) atoms. The Morgan fingerprint density at radius 2 is 0.839 bits per heavy atom. The van der Waals surface area contributed by atoms with E-state index in [2.05, 4.69) is 10.6 Å². The van der Waals surface area contributed by atoms with Crippen molar-refractivity contribution in [3.63, 3.8) is 0 Å². The molecule has 0 unspecified atom stereocenters. The molecule has 2 amide bonds. The van der Waals surface area contributed by atoms with Gasteiger partial charge in [0.05, 0.1) is 0 Å². The Hall–Kier alpha value is -3.66. The Kier molecular flexibility index (Phi) is 6.58. The van der Waals surface area contributed by atoms with Crippen molar-refractivity contribution in [2.24, 2.45) is 0 Å². The summed E-state index contributed by atoms with van der Waals surface area (Å²) in [5, 5.41) is 5.89. The molecule has 4 aromatic rings. The van der Waals surface area contributed by atoms with Gasteiger partial charge in [-0.3, -0.25) is 0 Å². The van der Waals surface area contributed by atoms with Gasteiger partial charge in [0, 0.05) is 0 Å². The van der Waals surface area contributed by atoms with Crippen molar-refractivity contribution in [3.8, 4) is 0 Å². The molecule has 0 spiro atoms. The van der Waals surface area contributed by atoms with Crippen LogP contribution in [0.25, 0.3) is 0 Å². The molecule has 4 nitrogen and oxygen atoms in total. The summed E-state index contributed by atoms with van der Waals surface area (Å²) in [4.78, 5) is 25.8. The van der Waals surface area contributed by atoms with Crippen LogP contribution in [0.15, 0.2) is 109 Å². The molecule has 0 saturated heterocycles. The van der Waals surface area contributed by atoms with Crippen molar-refractivity contribution in [2.45, 2.75) is 0 Å². The van der Waals surface area contributed by atoms with Gasteiger partial charge in [-0.2, -0.15) is 0 Å². The number of para-hydroxylation sites is 2. The molecule has 0 saturated carbocycles. The molecule has 4 rings (SSSR count). The third-order valence-electron chi connectivity index (χ3n) is 4.55. The second kappa shape index (κ2) is 9.90. The van der Waals surface area contributed by atoms with Gasteiger partial charge in [0.2, 0.25) is 0 Å². The number of carbonyl (C=O) groups excluding carboxylic acids is 2. The van der Waals surface area contributed by atoms with E-state index in [-0.39, 0.29) is 26.8 Å². The zero-order valence-corrected chi connectivity index (χ0v) is 18.3. The quantitative estimate of drug-likeness (QED) is 0.420. The summed E-state index contributed by atoms with van der Waals surface area (Å²) in [6.07, 6.45) is 0. The fourth-order valence-corrected chi connectivity index (χ4v) is 5.29. The average Bonchev–Trinajstić information content (AvgIpc) is 2.81. The first kappa shape index (κ1) is 20.6. The fraction of sp³-hybridized carbons (Fsp3) is 0. The molecule has 0 aliphatic carbocycles. The second-order valence-corrected chi connectivity index (χ2v) is 9.01. The number of hydrogen-bond donors (Lipinski definition) is 2. The Morgan fingerprint density at radius 1 is 0.484 bits per heavy atom. The number of carbonyl (C=O) groups is 2. The fourth-order valence-electron chi connectivity index (χ4n) is 3.04. The number of rotatable bonds is 6. The molecule has 0 aliphatic rings. The first-order valence-electron chi connectivity index (χ1n) is 9.79. The van der Waals surface area contributed by atoms with Gasteiger partial charge in [-0.25, -0.2) is 0 Å². The van der Waals surface area contributed by atoms with Crippen molar-refractivity contribution in [1.82, 2.24) is 0 Å². The summed E-state index contributed by atoms with van der Waals surface area (Å²) in [5.74, 6) is -0.315. The van der Waals surface area contributed by atoms with Gasteiger partial charge in [-0.05, 0) is 0 Å². The van der Waals surface area contributed by atoms with E-state index in [0.29, 0.717) is 11.1 Å². The van der Waals surface area contributed by atoms with E-state index in [9.17, 15) is 9.59 Å². The predicted molar refractivity (Wildman–Crippen MR) is 127 cm³/mol. The van der Waals surface area contributed by atoms with Gasteiger partial charge in [0.1, 0.15) is 0 Å². The standard InChI is InChI=1S/C26H20N2O2Se/c29-25(27-19-11-3-1-4-12-19)21-15-7-9-17-23(21)31-24-18-10-8-16-22(24)26(30)28-20-13-5-2-6-14-20/h1-18H,(H,27,29)(H,28,30). The molecule has 152 valence electrons. The Morgan fingerprint density at radius 3 is 1.26 bits per heavy atom. The van der Waals surface area contributed by atoms with Crippen molar-refractivity contribution >= 4 is 47.1 Å². The Balaban J connectivity index is 1.58. The summed E-state index contributed by atoms with van der Waals surface area (Å²) < 4.78 is 1.84. The number of anilines is 2. The molecule has 5 heteroatoms. The van der Waals surface area contributed by atoms with Crippen LogP contribution in [0, 0.1) is 0 Å². The summed E-state index contributed by atoms with van der Waals surface area (Å²) in [7, 11) is 0. The molecule has 0 fully saturated rings. The predicted octanol–water partition coefficient (Wildman–Crippen LogP) is 3.85. The monoisotopic (exact) mass is 472 g/mol. The summed E-state index contributed by atoms with van der Waals surface area (Å²) in [6, 6.07) is 33.9. The van der Waals surface area contributed by atoms with Crippen LogP contribution in [0.4, 0.5) is 11.4 Å². The van der Waals surface area contributed by atoms with Crippen LogP contribution >= 0.6 is 0 Å². The van der Waals surface area contributed by atoms with Crippen LogP contribution in [0.1, 0.15) is 20.7 Å². The molecule has 0 atom stereocenters. The van der Waals surface area contributed by atoms with Crippen molar-refractivity contribution in [3.05, 3.63) is 120 Å². The van der Waals surface area contributed by atoms with Gasteiger partial charge in [-0.1, -0.05) is 0 Å². The molecular weight excluding hydrogens is 451 g/mol. The molecule has 0 bridgehead atoms. The van der Waals surface area contributed by atoms with E-state index >= 15 is 0 Å². The van der Waals surface area contributed by atoms with Gasteiger partial charge >= 0.3 is 188 Å². The SMILES string of the molecule is O=C(Nc1ccccc1)c1ccccc1[Se]c1ccccc1C(=O)Nc1ccccc1. The minimum atomic E-state index is -0.227. The van der Waals surface area contributed by atoms with Crippen molar-refractivity contribution in [2.75, 3.05) is 10.6 Å². The third-order valence-corrected chi connectivity index (χ3v) is 6.96. The minimum absolute atomic E-state index is 0.158. The van der Waals surface area contributed by atoms with Crippen LogP contribution < -0.4 is 19.6 Å². The Bertz CT molecular complexity index is 1100. The maximum absolute atomic E-state index is 12.9. The zero-order chi connectivity index (χ0) is 21.5. The third kappa shape index (κ3) is 5.28. The molecule has 0 aromatic heterocycles. The number of benzene rings is 4. The van der Waals surface area contributed by atoms with E-state index in [0.717, 1.165) is 20.3 Å². The second-order valence-electron chi connectivity index (χ2n) is 6.73. The van der Waals surface area contributed by atoms with Gasteiger partial charge in [-0.15, -0.1) is 0 Å². The number of nitrogens with one attached hydrogen (secondary N) is 2. The van der Waals surface area contributed by atoms with Crippen molar-refractivity contribution in [1.29, 1.82) is 0 Å². The molecule has 0 radical (unpaired) electrons. The molecule has 0 aliphatic heterocycles. The van der Waals surface area contributed by atoms with Crippen molar-refractivity contribution < 1.29 is 9.59 Å². The average molecular weight is 471 g/mol. The van der Waals surface area contributed by atoms with Gasteiger partial charge < -0.3 is 0 Å². The molecular formula is C26H20N2O2Se. The van der Waals surface area contributed by atoms with E-state index in [4.69, 9.17) is 0 Å². The summed E-state index contributed by atoms with van der Waals surface area (Å²) >= 11 is -0.227. The topological polar surface area (TPSA) is 58.2 Å². The summed E-state index contributed by atoms with van der Waals surface area (Å²) in [5.41, 5.74) is 2.73. The van der Waals surface area contributed by atoms with E-state index in [1.807, 2.05) is 109 Å². The van der Waals surface area contributed by atoms with Gasteiger partial charge in [0.25, 0.3) is 0 Å². The molecule has 0 heterocycles. The molecule has 4 aromatic carbocycles. The summed E-state index contributed by atoms with van der Waals surface area (Å²) in [6.45, 7) is 0. The van der Waals surface area contributed by atoms with Crippen LogP contribution in [0.3, 0.4) is 0 Å². The van der Waals surface area contributed by atoms with Gasteiger partial charge in [0.15, 0.2) is 0 Å². The van der Waals surface area contributed by atoms with Crippen LogP contribution in [-0.4, -0.2) is 26.8 Å². The maximum atomic E-state index is 12.9. The van der Waals surface area contributed by atoms with E-state index in [1.54, 1.807) is 0 Å². The first-order valence-corrected chi connectivity index (χ1v) is 11.5. The Labute approximate surface area is 187 Å². The van der Waals surface area contributed by atoms with E-state index < -0.39 is 0 Å². The van der Waals surface area contributed by atoms with Crippen LogP contribution in [-0.2, 0) is 0 Å².